The summed E-state index contributed by atoms with van der Waals surface area (Å²) >= 11 is 5.73. The third-order valence-corrected chi connectivity index (χ3v) is 2.78. The highest BCUT2D eigenvalue weighted by atomic mass is 35.5. The molecule has 0 amide bonds. The Hall–Kier alpha value is -1.75. The lowest BCUT2D eigenvalue weighted by atomic mass is 10.0. The minimum Gasteiger partial charge on any atom is -0.398 e. The molecule has 6 heteroatoms. The molecule has 2 rings (SSSR count). The first-order valence-electron chi connectivity index (χ1n) is 4.96. The molecule has 0 aliphatic carbocycles. The Kier molecular flexibility index (Phi) is 3.17. The average Bonchev–Trinajstić information content (AvgIpc) is 2.32. The summed E-state index contributed by atoms with van der Waals surface area (Å²) in [5.41, 5.74) is 5.37. The van der Waals surface area contributed by atoms with E-state index in [4.69, 9.17) is 17.3 Å². The molecule has 18 heavy (non-hydrogen) atoms. The average molecular weight is 273 g/mol. The SMILES string of the molecule is Nc1cc(-c2cnccc2C(F)(F)F)ccc1Cl. The van der Waals surface area contributed by atoms with Gasteiger partial charge >= 0.3 is 6.18 Å². The predicted octanol–water partition coefficient (Wildman–Crippen LogP) is 4.00. The molecule has 0 saturated carbocycles. The molecule has 0 spiro atoms. The van der Waals surface area contributed by atoms with E-state index in [0.717, 1.165) is 18.5 Å². The summed E-state index contributed by atoms with van der Waals surface area (Å²) < 4.78 is 38.5. The van der Waals surface area contributed by atoms with Crippen molar-refractivity contribution in [2.45, 2.75) is 6.18 Å². The fourth-order valence-electron chi connectivity index (χ4n) is 1.58. The normalized spacial score (nSPS) is 11.6. The van der Waals surface area contributed by atoms with Crippen LogP contribution in [0.1, 0.15) is 5.56 Å². The lowest BCUT2D eigenvalue weighted by Crippen LogP contribution is -2.07. The van der Waals surface area contributed by atoms with Crippen molar-refractivity contribution in [2.75, 3.05) is 5.73 Å². The standard InChI is InChI=1S/C12H8ClF3N2/c13-10-2-1-7(5-11(10)17)8-6-18-4-3-9(8)12(14,15)16/h1-6H,17H2. The van der Waals surface area contributed by atoms with E-state index in [-0.39, 0.29) is 11.3 Å². The Morgan fingerprint density at radius 1 is 1.17 bits per heavy atom. The number of hydrogen-bond donors (Lipinski definition) is 1. The zero-order chi connectivity index (χ0) is 13.3. The van der Waals surface area contributed by atoms with Crippen LogP contribution >= 0.6 is 11.6 Å². The van der Waals surface area contributed by atoms with Crippen molar-refractivity contribution in [1.29, 1.82) is 0 Å². The lowest BCUT2D eigenvalue weighted by Gasteiger charge is -2.12. The molecule has 0 atom stereocenters. The van der Waals surface area contributed by atoms with Crippen molar-refractivity contribution < 1.29 is 13.2 Å². The first kappa shape index (κ1) is 12.7. The number of rotatable bonds is 1. The van der Waals surface area contributed by atoms with Crippen LogP contribution in [0.5, 0.6) is 0 Å². The molecule has 0 aliphatic rings. The van der Waals surface area contributed by atoms with Crippen LogP contribution in [0.25, 0.3) is 11.1 Å². The number of pyridine rings is 1. The van der Waals surface area contributed by atoms with Crippen LogP contribution in [-0.2, 0) is 6.18 Å². The van der Waals surface area contributed by atoms with Crippen molar-refractivity contribution >= 4 is 17.3 Å². The lowest BCUT2D eigenvalue weighted by molar-refractivity contribution is -0.137. The topological polar surface area (TPSA) is 38.9 Å². The van der Waals surface area contributed by atoms with E-state index in [1.807, 2.05) is 0 Å². The minimum absolute atomic E-state index is 0.0200. The second-order valence-corrected chi connectivity index (χ2v) is 4.06. The molecule has 0 saturated heterocycles. The van der Waals surface area contributed by atoms with Crippen molar-refractivity contribution in [3.8, 4) is 11.1 Å². The monoisotopic (exact) mass is 272 g/mol. The molecule has 0 fully saturated rings. The number of anilines is 1. The minimum atomic E-state index is -4.44. The predicted molar refractivity (Wildman–Crippen MR) is 64.1 cm³/mol. The zero-order valence-corrected chi connectivity index (χ0v) is 9.76. The molecule has 1 heterocycles. The summed E-state index contributed by atoms with van der Waals surface area (Å²) in [7, 11) is 0. The fourth-order valence-corrected chi connectivity index (χ4v) is 1.70. The second-order valence-electron chi connectivity index (χ2n) is 3.66. The van der Waals surface area contributed by atoms with Gasteiger partial charge in [-0.3, -0.25) is 4.98 Å². The molecule has 0 bridgehead atoms. The first-order chi connectivity index (χ1) is 8.39. The Labute approximate surface area is 106 Å². The van der Waals surface area contributed by atoms with Gasteiger partial charge in [-0.2, -0.15) is 13.2 Å². The van der Waals surface area contributed by atoms with Crippen LogP contribution in [0.4, 0.5) is 18.9 Å². The number of halogens is 4. The number of aromatic nitrogens is 1. The van der Waals surface area contributed by atoms with Crippen LogP contribution in [0, 0.1) is 0 Å². The van der Waals surface area contributed by atoms with Gasteiger partial charge in [0.25, 0.3) is 0 Å². The maximum absolute atomic E-state index is 12.8. The number of nitrogens with two attached hydrogens (primary N) is 1. The zero-order valence-electron chi connectivity index (χ0n) is 9.00. The van der Waals surface area contributed by atoms with Gasteiger partial charge in [0.05, 0.1) is 16.3 Å². The van der Waals surface area contributed by atoms with E-state index in [1.165, 1.54) is 18.2 Å². The summed E-state index contributed by atoms with van der Waals surface area (Å²) in [6, 6.07) is 5.26. The van der Waals surface area contributed by atoms with Gasteiger partial charge < -0.3 is 5.73 Å². The van der Waals surface area contributed by atoms with Gasteiger partial charge in [-0.05, 0) is 23.8 Å². The number of alkyl halides is 3. The number of hydrogen-bond acceptors (Lipinski definition) is 2. The third-order valence-electron chi connectivity index (χ3n) is 2.43. The molecule has 2 aromatic rings. The smallest absolute Gasteiger partial charge is 0.398 e. The molecule has 1 aromatic carbocycles. The number of nitrogens with zero attached hydrogens (tertiary/aromatic N) is 1. The van der Waals surface area contributed by atoms with Crippen molar-refractivity contribution in [3.05, 3.63) is 47.2 Å². The van der Waals surface area contributed by atoms with Crippen LogP contribution in [0.15, 0.2) is 36.7 Å². The Morgan fingerprint density at radius 2 is 1.89 bits per heavy atom. The van der Waals surface area contributed by atoms with Crippen LogP contribution in [0.2, 0.25) is 5.02 Å². The largest absolute Gasteiger partial charge is 0.417 e. The Balaban J connectivity index is 2.61. The highest BCUT2D eigenvalue weighted by molar-refractivity contribution is 6.33. The van der Waals surface area contributed by atoms with E-state index in [9.17, 15) is 13.2 Å². The Morgan fingerprint density at radius 3 is 2.50 bits per heavy atom. The highest BCUT2D eigenvalue weighted by Gasteiger charge is 2.33. The molecule has 0 radical (unpaired) electrons. The van der Waals surface area contributed by atoms with Crippen molar-refractivity contribution in [2.24, 2.45) is 0 Å². The summed E-state index contributed by atoms with van der Waals surface area (Å²) in [6.07, 6.45) is -2.18. The quantitative estimate of drug-likeness (QED) is 0.797. The Bertz CT molecular complexity index is 582. The summed E-state index contributed by atoms with van der Waals surface area (Å²) in [6.45, 7) is 0. The molecule has 2 N–H and O–H groups in total. The van der Waals surface area contributed by atoms with E-state index in [0.29, 0.717) is 10.6 Å². The molecule has 0 aliphatic heterocycles. The first-order valence-corrected chi connectivity index (χ1v) is 5.34. The summed E-state index contributed by atoms with van der Waals surface area (Å²) in [5, 5.41) is 0.302. The van der Waals surface area contributed by atoms with Gasteiger partial charge in [-0.15, -0.1) is 0 Å². The van der Waals surface area contributed by atoms with Crippen molar-refractivity contribution in [3.63, 3.8) is 0 Å². The van der Waals surface area contributed by atoms with Crippen molar-refractivity contribution in [1.82, 2.24) is 4.98 Å². The van der Waals surface area contributed by atoms with Gasteiger partial charge in [0.1, 0.15) is 0 Å². The van der Waals surface area contributed by atoms with Gasteiger partial charge in [-0.25, -0.2) is 0 Å². The molecule has 94 valence electrons. The molecular formula is C12H8ClF3N2. The maximum Gasteiger partial charge on any atom is 0.417 e. The molecular weight excluding hydrogens is 265 g/mol. The second kappa shape index (κ2) is 4.49. The van der Waals surface area contributed by atoms with Gasteiger partial charge in [0.15, 0.2) is 0 Å². The van der Waals surface area contributed by atoms with E-state index in [1.54, 1.807) is 0 Å². The van der Waals surface area contributed by atoms with E-state index < -0.39 is 11.7 Å². The third kappa shape index (κ3) is 2.41. The van der Waals surface area contributed by atoms with Gasteiger partial charge in [-0.1, -0.05) is 17.7 Å². The fraction of sp³-hybridized carbons (Fsp3) is 0.0833. The van der Waals surface area contributed by atoms with Gasteiger partial charge in [0.2, 0.25) is 0 Å². The van der Waals surface area contributed by atoms with Crippen LogP contribution in [0.3, 0.4) is 0 Å². The van der Waals surface area contributed by atoms with E-state index >= 15 is 0 Å². The summed E-state index contributed by atoms with van der Waals surface area (Å²) in [5.74, 6) is 0. The van der Waals surface area contributed by atoms with Gasteiger partial charge in [0, 0.05) is 18.0 Å². The van der Waals surface area contributed by atoms with Crippen LogP contribution < -0.4 is 5.73 Å². The molecule has 2 nitrogen and oxygen atoms in total. The highest BCUT2D eigenvalue weighted by Crippen LogP contribution is 2.37. The molecule has 1 aromatic heterocycles. The number of nitrogen functional groups attached to an aromatic ring is 1. The number of benzene rings is 1. The molecule has 0 unspecified atom stereocenters. The van der Waals surface area contributed by atoms with E-state index in [2.05, 4.69) is 4.98 Å². The van der Waals surface area contributed by atoms with Crippen LogP contribution in [-0.4, -0.2) is 4.98 Å². The summed E-state index contributed by atoms with van der Waals surface area (Å²) in [4.78, 5) is 3.71. The maximum atomic E-state index is 12.8.